The molecule has 0 unspecified atom stereocenters. The highest BCUT2D eigenvalue weighted by molar-refractivity contribution is 7.18. The van der Waals surface area contributed by atoms with Crippen molar-refractivity contribution in [3.8, 4) is 28.1 Å². The summed E-state index contributed by atoms with van der Waals surface area (Å²) >= 11 is 1.54. The number of hydrogen-bond acceptors (Lipinski definition) is 5. The van der Waals surface area contributed by atoms with Crippen molar-refractivity contribution in [1.29, 1.82) is 0 Å². The van der Waals surface area contributed by atoms with Gasteiger partial charge in [0, 0.05) is 35.9 Å². The number of thiophene rings is 1. The van der Waals surface area contributed by atoms with Crippen molar-refractivity contribution in [2.45, 2.75) is 0 Å². The molecule has 0 radical (unpaired) electrons. The predicted octanol–water partition coefficient (Wildman–Crippen LogP) is 3.73. The third kappa shape index (κ3) is 2.60. The van der Waals surface area contributed by atoms with Crippen LogP contribution in [0.1, 0.15) is 0 Å². The molecule has 3 aromatic heterocycles. The molecule has 0 aliphatic heterocycles. The lowest BCUT2D eigenvalue weighted by Gasteiger charge is -2.07. The van der Waals surface area contributed by atoms with Crippen LogP contribution >= 0.6 is 11.3 Å². The lowest BCUT2D eigenvalue weighted by atomic mass is 10.1. The second kappa shape index (κ2) is 6.14. The van der Waals surface area contributed by atoms with E-state index in [2.05, 4.69) is 10.1 Å². The molecular formula is C19H15N3O2S. The highest BCUT2D eigenvalue weighted by Gasteiger charge is 2.17. The van der Waals surface area contributed by atoms with Gasteiger partial charge in [-0.3, -0.25) is 9.78 Å². The molecule has 0 aliphatic carbocycles. The van der Waals surface area contributed by atoms with Crippen molar-refractivity contribution >= 4 is 21.4 Å². The normalized spacial score (nSPS) is 11.0. The molecule has 4 aromatic rings. The van der Waals surface area contributed by atoms with Crippen LogP contribution in [0.3, 0.4) is 0 Å². The van der Waals surface area contributed by atoms with Gasteiger partial charge in [-0.1, -0.05) is 0 Å². The summed E-state index contributed by atoms with van der Waals surface area (Å²) in [6.45, 7) is 0. The van der Waals surface area contributed by atoms with Crippen molar-refractivity contribution in [1.82, 2.24) is 14.8 Å². The summed E-state index contributed by atoms with van der Waals surface area (Å²) in [6.07, 6.45) is 3.46. The number of nitrogens with zero attached hydrogens (tertiary/aromatic N) is 3. The summed E-state index contributed by atoms with van der Waals surface area (Å²) in [5, 5.41) is 7.20. The van der Waals surface area contributed by atoms with Gasteiger partial charge in [0.25, 0.3) is 5.56 Å². The van der Waals surface area contributed by atoms with Crippen LogP contribution in [0.15, 0.2) is 59.0 Å². The lowest BCUT2D eigenvalue weighted by Crippen LogP contribution is -2.20. The van der Waals surface area contributed by atoms with Gasteiger partial charge in [-0.25, -0.2) is 4.68 Å². The molecule has 124 valence electrons. The van der Waals surface area contributed by atoms with E-state index in [1.54, 1.807) is 26.6 Å². The first-order valence-corrected chi connectivity index (χ1v) is 8.60. The van der Waals surface area contributed by atoms with Crippen LogP contribution in [0.5, 0.6) is 5.75 Å². The molecule has 5 nitrogen and oxygen atoms in total. The maximum absolute atomic E-state index is 12.7. The Labute approximate surface area is 148 Å². The van der Waals surface area contributed by atoms with Crippen molar-refractivity contribution < 1.29 is 4.74 Å². The van der Waals surface area contributed by atoms with E-state index in [0.29, 0.717) is 5.39 Å². The number of rotatable bonds is 3. The zero-order chi connectivity index (χ0) is 17.4. The molecule has 0 atom stereocenters. The van der Waals surface area contributed by atoms with E-state index in [4.69, 9.17) is 4.74 Å². The van der Waals surface area contributed by atoms with E-state index in [-0.39, 0.29) is 5.56 Å². The van der Waals surface area contributed by atoms with Crippen LogP contribution in [-0.2, 0) is 7.05 Å². The minimum absolute atomic E-state index is 0.0969. The van der Waals surface area contributed by atoms with Crippen LogP contribution in [-0.4, -0.2) is 21.9 Å². The smallest absolute Gasteiger partial charge is 0.275 e. The average molecular weight is 349 g/mol. The summed E-state index contributed by atoms with van der Waals surface area (Å²) in [4.78, 5) is 16.8. The number of methoxy groups -OCH3 is 1. The van der Waals surface area contributed by atoms with Crippen molar-refractivity contribution in [3.05, 3.63) is 64.5 Å². The van der Waals surface area contributed by atoms with Gasteiger partial charge >= 0.3 is 0 Å². The fraction of sp³-hybridized carbons (Fsp3) is 0.105. The summed E-state index contributed by atoms with van der Waals surface area (Å²) in [7, 11) is 3.32. The van der Waals surface area contributed by atoms with Crippen LogP contribution in [0.2, 0.25) is 0 Å². The van der Waals surface area contributed by atoms with Gasteiger partial charge < -0.3 is 4.74 Å². The van der Waals surface area contributed by atoms with Gasteiger partial charge in [0.15, 0.2) is 0 Å². The Balaban J connectivity index is 1.99. The minimum atomic E-state index is -0.0969. The van der Waals surface area contributed by atoms with Crippen LogP contribution in [0.25, 0.3) is 32.5 Å². The number of fused-ring (bicyclic) bond motifs is 1. The van der Waals surface area contributed by atoms with Gasteiger partial charge in [0.1, 0.15) is 11.4 Å². The van der Waals surface area contributed by atoms with E-state index in [1.165, 1.54) is 16.0 Å². The van der Waals surface area contributed by atoms with Crippen molar-refractivity contribution in [3.63, 3.8) is 0 Å². The molecule has 0 bridgehead atoms. The average Bonchev–Trinajstić information content (AvgIpc) is 3.11. The third-order valence-corrected chi connectivity index (χ3v) is 5.11. The predicted molar refractivity (Wildman–Crippen MR) is 100 cm³/mol. The summed E-state index contributed by atoms with van der Waals surface area (Å²) in [6, 6.07) is 11.5. The minimum Gasteiger partial charge on any atom is -0.497 e. The Hall–Kier alpha value is -2.99. The van der Waals surface area contributed by atoms with Crippen LogP contribution < -0.4 is 10.3 Å². The molecular weight excluding hydrogens is 334 g/mol. The molecule has 25 heavy (non-hydrogen) atoms. The summed E-state index contributed by atoms with van der Waals surface area (Å²) in [5.74, 6) is 0.786. The van der Waals surface area contributed by atoms with E-state index >= 15 is 0 Å². The number of benzene rings is 1. The van der Waals surface area contributed by atoms with Gasteiger partial charge in [-0.2, -0.15) is 5.10 Å². The van der Waals surface area contributed by atoms with Gasteiger partial charge in [0.2, 0.25) is 0 Å². The third-order valence-electron chi connectivity index (χ3n) is 4.12. The zero-order valence-corrected chi connectivity index (χ0v) is 14.6. The quantitative estimate of drug-likeness (QED) is 0.565. The number of ether oxygens (including phenoxy) is 1. The van der Waals surface area contributed by atoms with Gasteiger partial charge in [-0.15, -0.1) is 11.3 Å². The largest absolute Gasteiger partial charge is 0.497 e. The highest BCUT2D eigenvalue weighted by Crippen LogP contribution is 2.36. The number of aromatic nitrogens is 3. The maximum Gasteiger partial charge on any atom is 0.275 e. The Bertz CT molecular complexity index is 1100. The first-order chi connectivity index (χ1) is 12.2. The molecule has 0 spiro atoms. The molecule has 6 heteroatoms. The molecule has 0 amide bonds. The second-order valence-electron chi connectivity index (χ2n) is 5.60. The zero-order valence-electron chi connectivity index (χ0n) is 13.8. The van der Waals surface area contributed by atoms with Gasteiger partial charge in [-0.05, 0) is 42.0 Å². The van der Waals surface area contributed by atoms with E-state index in [0.717, 1.165) is 32.8 Å². The number of pyridine rings is 1. The molecule has 0 aliphatic rings. The molecule has 0 saturated carbocycles. The molecule has 4 rings (SSSR count). The summed E-state index contributed by atoms with van der Waals surface area (Å²) in [5.41, 5.74) is 3.54. The van der Waals surface area contributed by atoms with E-state index in [9.17, 15) is 4.79 Å². The standard InChI is InChI=1S/C19H15N3O2S/c1-22-19(23)16-15(12-7-9-20-10-8-12)11-25-18(16)17(21-22)13-3-5-14(24-2)6-4-13/h3-11H,1-2H3. The lowest BCUT2D eigenvalue weighted by molar-refractivity contribution is 0.415. The van der Waals surface area contributed by atoms with E-state index in [1.807, 2.05) is 41.8 Å². The Morgan fingerprint density at radius 3 is 2.44 bits per heavy atom. The number of hydrogen-bond donors (Lipinski definition) is 0. The Kier molecular flexibility index (Phi) is 3.82. The summed E-state index contributed by atoms with van der Waals surface area (Å²) < 4.78 is 7.51. The highest BCUT2D eigenvalue weighted by atomic mass is 32.1. The van der Waals surface area contributed by atoms with Crippen molar-refractivity contribution in [2.75, 3.05) is 7.11 Å². The Morgan fingerprint density at radius 2 is 1.76 bits per heavy atom. The molecule has 3 heterocycles. The molecule has 0 N–H and O–H groups in total. The molecule has 0 fully saturated rings. The van der Waals surface area contributed by atoms with Gasteiger partial charge in [0.05, 0.1) is 17.2 Å². The second-order valence-corrected chi connectivity index (χ2v) is 6.47. The van der Waals surface area contributed by atoms with Crippen LogP contribution in [0, 0.1) is 0 Å². The fourth-order valence-corrected chi connectivity index (χ4v) is 3.90. The maximum atomic E-state index is 12.7. The van der Waals surface area contributed by atoms with Crippen molar-refractivity contribution in [2.24, 2.45) is 7.05 Å². The first-order valence-electron chi connectivity index (χ1n) is 7.72. The SMILES string of the molecule is COc1ccc(-c2nn(C)c(=O)c3c(-c4ccncc4)csc23)cc1. The van der Waals surface area contributed by atoms with E-state index < -0.39 is 0 Å². The number of aryl methyl sites for hydroxylation is 1. The van der Waals surface area contributed by atoms with Crippen LogP contribution in [0.4, 0.5) is 0 Å². The topological polar surface area (TPSA) is 57.0 Å². The first kappa shape index (κ1) is 15.5. The fourth-order valence-electron chi connectivity index (χ4n) is 2.83. The monoisotopic (exact) mass is 349 g/mol. The Morgan fingerprint density at radius 1 is 1.04 bits per heavy atom. The molecule has 1 aromatic carbocycles. The molecule has 0 saturated heterocycles.